The minimum absolute atomic E-state index is 0.174. The Morgan fingerprint density at radius 1 is 1.10 bits per heavy atom. The number of hydrogen-bond donors (Lipinski definition) is 1. The molecule has 3 rings (SSSR count). The number of ether oxygens (including phenoxy) is 1. The molecule has 152 valence electrons. The maximum atomic E-state index is 12.4. The molecule has 0 saturated heterocycles. The van der Waals surface area contributed by atoms with Gasteiger partial charge in [-0.15, -0.1) is 0 Å². The molecule has 7 heteroatoms. The van der Waals surface area contributed by atoms with Crippen LogP contribution < -0.4 is 15.0 Å². The van der Waals surface area contributed by atoms with Crippen molar-refractivity contribution in [2.75, 3.05) is 23.3 Å². The molecule has 0 aliphatic carbocycles. The average molecular weight is 478 g/mol. The number of hydrogen-bond acceptors (Lipinski definition) is 4. The van der Waals surface area contributed by atoms with Crippen LogP contribution in [-0.2, 0) is 6.61 Å². The standard InChI is InChI=1S/C22H22BrClN2O3/c1-3-26(4-2)17-8-6-16(7-9-17)25-22(27)21-12-10-18(29-21)14-28-20-11-5-15(23)13-19(20)24/h5-13H,3-4,14H2,1-2H3,(H,25,27). The third-order valence-electron chi connectivity index (χ3n) is 4.40. The molecular weight excluding hydrogens is 456 g/mol. The Hall–Kier alpha value is -2.44. The highest BCUT2D eigenvalue weighted by molar-refractivity contribution is 9.10. The van der Waals surface area contributed by atoms with Gasteiger partial charge in [-0.1, -0.05) is 27.5 Å². The number of nitrogens with one attached hydrogen (secondary N) is 1. The molecule has 2 aromatic carbocycles. The van der Waals surface area contributed by atoms with Gasteiger partial charge >= 0.3 is 0 Å². The summed E-state index contributed by atoms with van der Waals surface area (Å²) in [5.74, 6) is 0.989. The Balaban J connectivity index is 1.59. The molecule has 3 aromatic rings. The predicted octanol–water partition coefficient (Wildman–Crippen LogP) is 6.37. The molecule has 0 unspecified atom stereocenters. The fraction of sp³-hybridized carbons (Fsp3) is 0.227. The zero-order valence-electron chi connectivity index (χ0n) is 16.2. The van der Waals surface area contributed by atoms with E-state index in [1.54, 1.807) is 24.3 Å². The largest absolute Gasteiger partial charge is 0.484 e. The van der Waals surface area contributed by atoms with Crippen LogP contribution >= 0.6 is 27.5 Å². The van der Waals surface area contributed by atoms with Gasteiger partial charge in [0.1, 0.15) is 18.1 Å². The van der Waals surface area contributed by atoms with Crippen molar-refractivity contribution in [1.82, 2.24) is 0 Å². The highest BCUT2D eigenvalue weighted by Gasteiger charge is 2.13. The van der Waals surface area contributed by atoms with Gasteiger partial charge in [-0.2, -0.15) is 0 Å². The van der Waals surface area contributed by atoms with Crippen molar-refractivity contribution in [1.29, 1.82) is 0 Å². The van der Waals surface area contributed by atoms with E-state index in [0.717, 1.165) is 23.2 Å². The normalized spacial score (nSPS) is 10.6. The molecule has 0 bridgehead atoms. The molecule has 1 aromatic heterocycles. The number of furan rings is 1. The van der Waals surface area contributed by atoms with Gasteiger partial charge in [-0.05, 0) is 68.4 Å². The van der Waals surface area contributed by atoms with E-state index in [9.17, 15) is 4.79 Å². The smallest absolute Gasteiger partial charge is 0.291 e. The van der Waals surface area contributed by atoms with Crippen LogP contribution in [0.5, 0.6) is 5.75 Å². The van der Waals surface area contributed by atoms with Crippen molar-refractivity contribution < 1.29 is 13.9 Å². The predicted molar refractivity (Wildman–Crippen MR) is 120 cm³/mol. The molecule has 1 amide bonds. The maximum absolute atomic E-state index is 12.4. The topological polar surface area (TPSA) is 54.7 Å². The van der Waals surface area contributed by atoms with Gasteiger partial charge in [0.25, 0.3) is 5.91 Å². The first-order valence-electron chi connectivity index (χ1n) is 9.33. The lowest BCUT2D eigenvalue weighted by molar-refractivity contribution is 0.0992. The van der Waals surface area contributed by atoms with E-state index < -0.39 is 0 Å². The molecule has 0 atom stereocenters. The van der Waals surface area contributed by atoms with Gasteiger partial charge in [-0.25, -0.2) is 0 Å². The van der Waals surface area contributed by atoms with E-state index in [2.05, 4.69) is 40.0 Å². The summed E-state index contributed by atoms with van der Waals surface area (Å²) in [7, 11) is 0. The van der Waals surface area contributed by atoms with Gasteiger partial charge in [0.05, 0.1) is 5.02 Å². The van der Waals surface area contributed by atoms with Crippen LogP contribution in [0.1, 0.15) is 30.2 Å². The summed E-state index contributed by atoms with van der Waals surface area (Å²) < 4.78 is 12.1. The third kappa shape index (κ3) is 5.55. The van der Waals surface area contributed by atoms with Crippen LogP contribution in [0.2, 0.25) is 5.02 Å². The Labute approximate surface area is 183 Å². The summed E-state index contributed by atoms with van der Waals surface area (Å²) >= 11 is 9.49. The van der Waals surface area contributed by atoms with Crippen LogP contribution in [0.4, 0.5) is 11.4 Å². The minimum atomic E-state index is -0.312. The summed E-state index contributed by atoms with van der Waals surface area (Å²) in [5, 5.41) is 3.34. The maximum Gasteiger partial charge on any atom is 0.291 e. The number of anilines is 2. The number of amides is 1. The zero-order chi connectivity index (χ0) is 20.8. The highest BCUT2D eigenvalue weighted by atomic mass is 79.9. The van der Waals surface area contributed by atoms with E-state index in [-0.39, 0.29) is 18.3 Å². The average Bonchev–Trinajstić information content (AvgIpc) is 3.19. The Kier molecular flexibility index (Phi) is 7.23. The molecular formula is C22H22BrClN2O3. The number of benzene rings is 2. The number of halogens is 2. The molecule has 5 nitrogen and oxygen atoms in total. The van der Waals surface area contributed by atoms with Gasteiger partial charge in [0, 0.05) is 28.9 Å². The molecule has 0 fully saturated rings. The highest BCUT2D eigenvalue weighted by Crippen LogP contribution is 2.28. The molecule has 0 aliphatic rings. The number of nitrogens with zero attached hydrogens (tertiary/aromatic N) is 1. The quantitative estimate of drug-likeness (QED) is 0.409. The second kappa shape index (κ2) is 9.85. The molecule has 0 aliphatic heterocycles. The third-order valence-corrected chi connectivity index (χ3v) is 5.19. The van der Waals surface area contributed by atoms with Crippen molar-refractivity contribution in [3.05, 3.63) is 75.6 Å². The Morgan fingerprint density at radius 2 is 1.83 bits per heavy atom. The molecule has 0 radical (unpaired) electrons. The van der Waals surface area contributed by atoms with E-state index in [1.165, 1.54) is 0 Å². The molecule has 1 N–H and O–H groups in total. The van der Waals surface area contributed by atoms with E-state index >= 15 is 0 Å². The zero-order valence-corrected chi connectivity index (χ0v) is 18.6. The van der Waals surface area contributed by atoms with Crippen LogP contribution in [0, 0.1) is 0 Å². The van der Waals surface area contributed by atoms with Crippen molar-refractivity contribution >= 4 is 44.8 Å². The van der Waals surface area contributed by atoms with Gasteiger partial charge in [0.15, 0.2) is 5.76 Å². The molecule has 0 spiro atoms. The lowest BCUT2D eigenvalue weighted by atomic mass is 10.2. The molecule has 1 heterocycles. The Bertz CT molecular complexity index is 968. The molecule has 0 saturated carbocycles. The summed E-state index contributed by atoms with van der Waals surface area (Å²) in [6, 6.07) is 16.5. The van der Waals surface area contributed by atoms with Crippen LogP contribution in [0.3, 0.4) is 0 Å². The summed E-state index contributed by atoms with van der Waals surface area (Å²) in [5.41, 5.74) is 1.83. The number of carbonyl (C=O) groups is 1. The van der Waals surface area contributed by atoms with Crippen molar-refractivity contribution in [3.8, 4) is 5.75 Å². The van der Waals surface area contributed by atoms with Crippen molar-refractivity contribution in [3.63, 3.8) is 0 Å². The van der Waals surface area contributed by atoms with Gasteiger partial charge < -0.3 is 19.4 Å². The summed E-state index contributed by atoms with van der Waals surface area (Å²) in [6.45, 7) is 6.27. The number of rotatable bonds is 8. The van der Waals surface area contributed by atoms with Crippen LogP contribution in [0.15, 0.2) is 63.5 Å². The SMILES string of the molecule is CCN(CC)c1ccc(NC(=O)c2ccc(COc3ccc(Br)cc3Cl)o2)cc1. The lowest BCUT2D eigenvalue weighted by Crippen LogP contribution is -2.21. The molecule has 29 heavy (non-hydrogen) atoms. The van der Waals surface area contributed by atoms with Gasteiger partial charge in [0.2, 0.25) is 0 Å². The van der Waals surface area contributed by atoms with Crippen molar-refractivity contribution in [2.24, 2.45) is 0 Å². The summed E-state index contributed by atoms with van der Waals surface area (Å²) in [4.78, 5) is 14.7. The van der Waals surface area contributed by atoms with E-state index in [4.69, 9.17) is 20.8 Å². The first-order chi connectivity index (χ1) is 14.0. The minimum Gasteiger partial charge on any atom is -0.484 e. The summed E-state index contributed by atoms with van der Waals surface area (Å²) in [6.07, 6.45) is 0. The van der Waals surface area contributed by atoms with E-state index in [1.807, 2.05) is 30.3 Å². The Morgan fingerprint density at radius 3 is 2.48 bits per heavy atom. The second-order valence-corrected chi connectivity index (χ2v) is 7.63. The fourth-order valence-corrected chi connectivity index (χ4v) is 3.58. The van der Waals surface area contributed by atoms with Crippen LogP contribution in [-0.4, -0.2) is 19.0 Å². The van der Waals surface area contributed by atoms with Gasteiger partial charge in [-0.3, -0.25) is 4.79 Å². The van der Waals surface area contributed by atoms with Crippen molar-refractivity contribution in [2.45, 2.75) is 20.5 Å². The van der Waals surface area contributed by atoms with Crippen LogP contribution in [0.25, 0.3) is 0 Å². The number of carbonyl (C=O) groups excluding carboxylic acids is 1. The second-order valence-electron chi connectivity index (χ2n) is 6.30. The lowest BCUT2D eigenvalue weighted by Gasteiger charge is -2.21. The monoisotopic (exact) mass is 476 g/mol. The fourth-order valence-electron chi connectivity index (χ4n) is 2.86. The first-order valence-corrected chi connectivity index (χ1v) is 10.5. The first kappa shape index (κ1) is 21.3. The van der Waals surface area contributed by atoms with E-state index in [0.29, 0.717) is 22.2 Å².